The summed E-state index contributed by atoms with van der Waals surface area (Å²) in [5.41, 5.74) is 16.7. The molecule has 0 radical (unpaired) electrons. The lowest BCUT2D eigenvalue weighted by atomic mass is 9.92. The summed E-state index contributed by atoms with van der Waals surface area (Å²) in [4.78, 5) is 2.36. The average molecular weight is 819 g/mol. The quantitative estimate of drug-likeness (QED) is 0.168. The molecule has 13 aromatic rings. The van der Waals surface area contributed by atoms with Gasteiger partial charge in [0.1, 0.15) is 22.2 Å². The summed E-state index contributed by atoms with van der Waals surface area (Å²) in [6, 6.07) is 72.5. The van der Waals surface area contributed by atoms with Crippen molar-refractivity contribution in [2.24, 2.45) is 0 Å². The Bertz CT molecular complexity index is 4010. The van der Waals surface area contributed by atoms with Gasteiger partial charge in [0.05, 0.1) is 16.6 Å². The Hall–Kier alpha value is -8.34. The van der Waals surface area contributed by atoms with Gasteiger partial charge < -0.3 is 18.1 Å². The SMILES string of the molecule is C1=c2oc3ccccc3c2=CCC1c1ccc(N(c2ccc(-c3ccc4c(c3)oc3ccccc34)cc2)c2ccc(-c3cc4c5ccccc5n5c6ccccc6c(c3)c45)cc2)cc1. The van der Waals surface area contributed by atoms with Crippen LogP contribution < -0.4 is 15.5 Å². The maximum atomic E-state index is 6.30. The summed E-state index contributed by atoms with van der Waals surface area (Å²) in [6.45, 7) is 0. The normalized spacial score (nSPS) is 14.0. The van der Waals surface area contributed by atoms with Crippen molar-refractivity contribution in [3.8, 4) is 22.3 Å². The molecule has 4 heteroatoms. The van der Waals surface area contributed by atoms with Gasteiger partial charge in [-0.1, -0.05) is 121 Å². The molecule has 14 rings (SSSR count). The van der Waals surface area contributed by atoms with Crippen molar-refractivity contribution in [1.29, 1.82) is 0 Å². The van der Waals surface area contributed by atoms with Crippen LogP contribution in [0.3, 0.4) is 0 Å². The number of anilines is 3. The van der Waals surface area contributed by atoms with Gasteiger partial charge >= 0.3 is 0 Å². The Kier molecular flexibility index (Phi) is 7.48. The van der Waals surface area contributed by atoms with Gasteiger partial charge in [-0.3, -0.25) is 0 Å². The molecule has 4 nitrogen and oxygen atoms in total. The number of aromatic nitrogens is 1. The first-order chi connectivity index (χ1) is 31.7. The molecular formula is C60H38N2O2. The van der Waals surface area contributed by atoms with Crippen LogP contribution in [0.15, 0.2) is 209 Å². The fraction of sp³-hybridized carbons (Fsp3) is 0.0333. The second-order valence-electron chi connectivity index (χ2n) is 17.2. The van der Waals surface area contributed by atoms with Crippen molar-refractivity contribution >= 4 is 100 Å². The van der Waals surface area contributed by atoms with Crippen LogP contribution in [0.5, 0.6) is 0 Å². The Morgan fingerprint density at radius 2 is 0.922 bits per heavy atom. The molecular weight excluding hydrogens is 781 g/mol. The maximum Gasteiger partial charge on any atom is 0.136 e. The molecule has 1 aliphatic rings. The van der Waals surface area contributed by atoms with Gasteiger partial charge in [-0.2, -0.15) is 0 Å². The van der Waals surface area contributed by atoms with Crippen molar-refractivity contribution < 1.29 is 8.83 Å². The third kappa shape index (κ3) is 5.29. The van der Waals surface area contributed by atoms with E-state index < -0.39 is 0 Å². The van der Waals surface area contributed by atoms with E-state index in [1.165, 1.54) is 65.4 Å². The molecule has 4 aromatic heterocycles. The van der Waals surface area contributed by atoms with E-state index in [4.69, 9.17) is 8.83 Å². The number of fused-ring (bicyclic) bond motifs is 12. The van der Waals surface area contributed by atoms with E-state index in [9.17, 15) is 0 Å². The molecule has 0 N–H and O–H groups in total. The van der Waals surface area contributed by atoms with Crippen LogP contribution in [0.1, 0.15) is 17.9 Å². The van der Waals surface area contributed by atoms with Crippen molar-refractivity contribution in [2.75, 3.05) is 4.90 Å². The van der Waals surface area contributed by atoms with E-state index in [-0.39, 0.29) is 5.92 Å². The molecule has 0 saturated heterocycles. The first-order valence-electron chi connectivity index (χ1n) is 22.1. The summed E-state index contributed by atoms with van der Waals surface area (Å²) >= 11 is 0. The Labute approximate surface area is 367 Å². The Morgan fingerprint density at radius 3 is 1.58 bits per heavy atom. The zero-order valence-corrected chi connectivity index (χ0v) is 34.7. The van der Waals surface area contributed by atoms with E-state index in [0.717, 1.165) is 67.5 Å². The molecule has 0 aliphatic heterocycles. The lowest BCUT2D eigenvalue weighted by molar-refractivity contribution is 0.569. The number of hydrogen-bond acceptors (Lipinski definition) is 3. The van der Waals surface area contributed by atoms with Crippen molar-refractivity contribution in [3.63, 3.8) is 0 Å². The monoisotopic (exact) mass is 818 g/mol. The fourth-order valence-electron chi connectivity index (χ4n) is 10.6. The zero-order chi connectivity index (χ0) is 41.9. The molecule has 9 aromatic carbocycles. The van der Waals surface area contributed by atoms with Gasteiger partial charge in [-0.05, 0) is 125 Å². The van der Waals surface area contributed by atoms with Crippen molar-refractivity contribution in [3.05, 3.63) is 216 Å². The van der Waals surface area contributed by atoms with Crippen molar-refractivity contribution in [1.82, 2.24) is 4.40 Å². The standard InChI is InChI=1S/C60H38N2O2/c1-5-13-54-46(9-1)52-33-42(34-53-47-10-2-6-14-55(47)62(54)60(52)53)39-21-29-45(30-22-39)61(43-25-17-37(18-26-43)40-23-31-50-48-11-3-7-15-56(48)63-58(50)35-40)44-27-19-38(20-28-44)41-24-32-51-49-12-4-8-16-57(49)64-59(51)36-41/h1-23,25-36,41H,24H2. The average Bonchev–Trinajstić information content (AvgIpc) is 4.11. The topological polar surface area (TPSA) is 33.9 Å². The number of nitrogens with zero attached hydrogens (tertiary/aromatic N) is 2. The third-order valence-corrected chi connectivity index (χ3v) is 13.7. The highest BCUT2D eigenvalue weighted by Crippen LogP contribution is 2.43. The second-order valence-corrected chi connectivity index (χ2v) is 17.2. The lowest BCUT2D eigenvalue weighted by Crippen LogP contribution is -2.24. The van der Waals surface area contributed by atoms with Crippen LogP contribution in [0.4, 0.5) is 17.1 Å². The highest BCUT2D eigenvalue weighted by atomic mass is 16.3. The Balaban J connectivity index is 0.855. The van der Waals surface area contributed by atoms with Crippen molar-refractivity contribution in [2.45, 2.75) is 12.3 Å². The molecule has 4 heterocycles. The van der Waals surface area contributed by atoms with E-state index in [0.29, 0.717) is 0 Å². The van der Waals surface area contributed by atoms with Crippen LogP contribution in [0.2, 0.25) is 0 Å². The smallest absolute Gasteiger partial charge is 0.136 e. The minimum absolute atomic E-state index is 0.234. The van der Waals surface area contributed by atoms with E-state index in [1.807, 2.05) is 18.2 Å². The van der Waals surface area contributed by atoms with Gasteiger partial charge in [0, 0.05) is 65.9 Å². The second kappa shape index (κ2) is 13.6. The number of benzene rings is 9. The van der Waals surface area contributed by atoms with Gasteiger partial charge in [0.15, 0.2) is 0 Å². The molecule has 64 heavy (non-hydrogen) atoms. The van der Waals surface area contributed by atoms with E-state index in [2.05, 4.69) is 203 Å². The summed E-state index contributed by atoms with van der Waals surface area (Å²) < 4.78 is 15.0. The van der Waals surface area contributed by atoms with Crippen LogP contribution in [0, 0.1) is 0 Å². The van der Waals surface area contributed by atoms with Gasteiger partial charge in [-0.25, -0.2) is 0 Å². The number of hydrogen-bond donors (Lipinski definition) is 0. The maximum absolute atomic E-state index is 6.30. The summed E-state index contributed by atoms with van der Waals surface area (Å²) in [7, 11) is 0. The van der Waals surface area contributed by atoms with Crippen LogP contribution >= 0.6 is 0 Å². The first-order valence-corrected chi connectivity index (χ1v) is 22.1. The Morgan fingerprint density at radius 1 is 0.406 bits per heavy atom. The minimum atomic E-state index is 0.234. The predicted molar refractivity (Wildman–Crippen MR) is 266 cm³/mol. The molecule has 1 unspecified atom stereocenters. The molecule has 0 saturated carbocycles. The number of para-hydroxylation sites is 4. The van der Waals surface area contributed by atoms with Crippen LogP contribution in [-0.2, 0) is 0 Å². The molecule has 0 spiro atoms. The van der Waals surface area contributed by atoms with Gasteiger partial charge in [0.2, 0.25) is 0 Å². The highest BCUT2D eigenvalue weighted by Gasteiger charge is 2.21. The van der Waals surface area contributed by atoms with E-state index >= 15 is 0 Å². The molecule has 0 fully saturated rings. The highest BCUT2D eigenvalue weighted by molar-refractivity contribution is 6.24. The minimum Gasteiger partial charge on any atom is -0.456 e. The summed E-state index contributed by atoms with van der Waals surface area (Å²) in [6.07, 6.45) is 5.56. The molecule has 300 valence electrons. The third-order valence-electron chi connectivity index (χ3n) is 13.7. The lowest BCUT2D eigenvalue weighted by Gasteiger charge is -2.26. The van der Waals surface area contributed by atoms with E-state index in [1.54, 1.807) is 0 Å². The largest absolute Gasteiger partial charge is 0.456 e. The molecule has 0 bridgehead atoms. The number of rotatable bonds is 6. The van der Waals surface area contributed by atoms with Crippen LogP contribution in [0.25, 0.3) is 105 Å². The fourth-order valence-corrected chi connectivity index (χ4v) is 10.6. The summed E-state index contributed by atoms with van der Waals surface area (Å²) in [5, 5.41) is 9.80. The first kappa shape index (κ1) is 35.3. The molecule has 1 atom stereocenters. The predicted octanol–water partition coefficient (Wildman–Crippen LogP) is 15.0. The molecule has 0 amide bonds. The van der Waals surface area contributed by atoms with Gasteiger partial charge in [0.25, 0.3) is 0 Å². The summed E-state index contributed by atoms with van der Waals surface area (Å²) in [5.74, 6) is 0.234. The van der Waals surface area contributed by atoms with Gasteiger partial charge in [-0.15, -0.1) is 0 Å². The number of furan rings is 2. The molecule has 1 aliphatic carbocycles. The zero-order valence-electron chi connectivity index (χ0n) is 34.7. The van der Waals surface area contributed by atoms with Crippen LogP contribution in [-0.4, -0.2) is 4.40 Å².